The first kappa shape index (κ1) is 21.2. The number of ether oxygens (including phenoxy) is 1. The first-order valence-corrected chi connectivity index (χ1v) is 10.4. The molecule has 1 unspecified atom stereocenters. The summed E-state index contributed by atoms with van der Waals surface area (Å²) in [4.78, 5) is 35.9. The second-order valence-corrected chi connectivity index (χ2v) is 7.26. The fourth-order valence-corrected chi connectivity index (χ4v) is 3.74. The van der Waals surface area contributed by atoms with Crippen LogP contribution in [0.1, 0.15) is 31.0 Å². The highest BCUT2D eigenvalue weighted by Gasteiger charge is 2.38. The monoisotopic (exact) mass is 432 g/mol. The van der Waals surface area contributed by atoms with Gasteiger partial charge < -0.3 is 15.0 Å². The lowest BCUT2D eigenvalue weighted by Crippen LogP contribution is -2.42. The number of pyridine rings is 1. The van der Waals surface area contributed by atoms with E-state index in [9.17, 15) is 9.59 Å². The van der Waals surface area contributed by atoms with E-state index in [0.717, 1.165) is 11.1 Å². The maximum absolute atomic E-state index is 13.0. The van der Waals surface area contributed by atoms with Gasteiger partial charge >= 0.3 is 5.97 Å². The lowest BCUT2D eigenvalue weighted by Gasteiger charge is -2.35. The molecule has 3 heterocycles. The number of hydrogen-bond acceptors (Lipinski definition) is 7. The number of rotatable bonds is 7. The van der Waals surface area contributed by atoms with Crippen molar-refractivity contribution in [2.45, 2.75) is 26.4 Å². The maximum atomic E-state index is 13.0. The average Bonchev–Trinajstić information content (AvgIpc) is 3.30. The number of anilines is 1. The predicted octanol–water partition coefficient (Wildman–Crippen LogP) is 2.24. The van der Waals surface area contributed by atoms with Crippen LogP contribution >= 0.6 is 0 Å². The van der Waals surface area contributed by atoms with Gasteiger partial charge in [-0.3, -0.25) is 9.78 Å². The minimum absolute atomic E-state index is 0.0186. The molecule has 1 N–H and O–H groups in total. The summed E-state index contributed by atoms with van der Waals surface area (Å²) in [6.45, 7) is 4.14. The summed E-state index contributed by atoms with van der Waals surface area (Å²) < 4.78 is 7.02. The molecule has 9 heteroatoms. The van der Waals surface area contributed by atoms with Gasteiger partial charge in [0.1, 0.15) is 18.9 Å². The molecule has 2 aromatic heterocycles. The van der Waals surface area contributed by atoms with Crippen LogP contribution in [0.2, 0.25) is 0 Å². The van der Waals surface area contributed by atoms with Gasteiger partial charge in [-0.25, -0.2) is 9.48 Å². The highest BCUT2D eigenvalue weighted by molar-refractivity contribution is 5.93. The number of nitrogens with one attached hydrogen (secondary N) is 1. The van der Waals surface area contributed by atoms with Crippen LogP contribution in [0.25, 0.3) is 0 Å². The molecule has 1 aliphatic rings. The van der Waals surface area contributed by atoms with Gasteiger partial charge in [0.25, 0.3) is 0 Å². The highest BCUT2D eigenvalue weighted by atomic mass is 16.5. The van der Waals surface area contributed by atoms with Crippen LogP contribution in [0.3, 0.4) is 0 Å². The summed E-state index contributed by atoms with van der Waals surface area (Å²) in [5.74, 6) is -0.175. The molecule has 0 bridgehead atoms. The molecule has 3 aromatic rings. The zero-order valence-electron chi connectivity index (χ0n) is 17.9. The molecule has 1 atom stereocenters. The van der Waals surface area contributed by atoms with Crippen molar-refractivity contribution in [2.75, 3.05) is 18.1 Å². The largest absolute Gasteiger partial charge is 0.463 e. The molecule has 9 nitrogen and oxygen atoms in total. The minimum atomic E-state index is -0.498. The van der Waals surface area contributed by atoms with Crippen molar-refractivity contribution in [1.29, 1.82) is 0 Å². The van der Waals surface area contributed by atoms with Crippen molar-refractivity contribution >= 4 is 17.8 Å². The first-order valence-electron chi connectivity index (χ1n) is 10.4. The number of amides is 1. The number of aromatic nitrogens is 4. The molecular weight excluding hydrogens is 408 g/mol. The zero-order valence-corrected chi connectivity index (χ0v) is 17.9. The molecule has 4 rings (SSSR count). The Labute approximate surface area is 185 Å². The van der Waals surface area contributed by atoms with E-state index in [1.807, 2.05) is 42.5 Å². The van der Waals surface area contributed by atoms with E-state index in [-0.39, 0.29) is 19.1 Å². The van der Waals surface area contributed by atoms with Crippen LogP contribution < -0.4 is 10.2 Å². The Morgan fingerprint density at radius 3 is 2.69 bits per heavy atom. The summed E-state index contributed by atoms with van der Waals surface area (Å²) in [7, 11) is 0. The van der Waals surface area contributed by atoms with E-state index in [0.29, 0.717) is 23.8 Å². The van der Waals surface area contributed by atoms with Gasteiger partial charge in [-0.1, -0.05) is 36.4 Å². The third-order valence-electron chi connectivity index (χ3n) is 5.23. The Morgan fingerprint density at radius 1 is 1.16 bits per heavy atom. The molecule has 1 aliphatic heterocycles. The molecule has 0 aliphatic carbocycles. The van der Waals surface area contributed by atoms with Gasteiger partial charge in [-0.05, 0) is 31.0 Å². The van der Waals surface area contributed by atoms with Crippen molar-refractivity contribution in [3.8, 4) is 0 Å². The van der Waals surface area contributed by atoms with Gasteiger partial charge in [0.15, 0.2) is 0 Å². The van der Waals surface area contributed by atoms with E-state index in [2.05, 4.69) is 20.4 Å². The molecule has 0 spiro atoms. The maximum Gasteiger partial charge on any atom is 0.338 e. The van der Waals surface area contributed by atoms with E-state index in [4.69, 9.17) is 4.74 Å². The van der Waals surface area contributed by atoms with Crippen LogP contribution in [-0.4, -0.2) is 44.8 Å². The molecular formula is C23H24N6O3. The van der Waals surface area contributed by atoms with E-state index in [1.165, 1.54) is 6.33 Å². The number of benzene rings is 1. The Bertz CT molecular complexity index is 1130. The van der Waals surface area contributed by atoms with Crippen molar-refractivity contribution in [1.82, 2.24) is 25.1 Å². The smallest absolute Gasteiger partial charge is 0.338 e. The van der Waals surface area contributed by atoms with Crippen molar-refractivity contribution < 1.29 is 14.3 Å². The summed E-state index contributed by atoms with van der Waals surface area (Å²) >= 11 is 0. The van der Waals surface area contributed by atoms with Crippen LogP contribution in [-0.2, 0) is 20.9 Å². The summed E-state index contributed by atoms with van der Waals surface area (Å²) in [5.41, 5.74) is 2.80. The van der Waals surface area contributed by atoms with Crippen LogP contribution in [0, 0.1) is 0 Å². The molecule has 0 fully saturated rings. The molecule has 1 amide bonds. The molecule has 164 valence electrons. The number of esters is 1. The lowest BCUT2D eigenvalue weighted by molar-refractivity contribution is -0.139. The number of carbonyl (C=O) groups is 2. The quantitative estimate of drug-likeness (QED) is 0.571. The lowest BCUT2D eigenvalue weighted by atomic mass is 9.95. The number of allylic oxidation sites excluding steroid dienone is 1. The van der Waals surface area contributed by atoms with Gasteiger partial charge in [0, 0.05) is 24.6 Å². The zero-order chi connectivity index (χ0) is 22.5. The fourth-order valence-electron chi connectivity index (χ4n) is 3.74. The third kappa shape index (κ3) is 4.22. The number of carbonyl (C=O) groups excluding carboxylic acids is 2. The molecule has 0 radical (unpaired) electrons. The molecule has 1 aromatic carbocycles. The Morgan fingerprint density at radius 2 is 1.97 bits per heavy atom. The molecule has 0 saturated heterocycles. The fraction of sp³-hybridized carbons (Fsp3) is 0.261. The average molecular weight is 432 g/mol. The third-order valence-corrected chi connectivity index (χ3v) is 5.23. The minimum Gasteiger partial charge on any atom is -0.463 e. The number of fused-ring (bicyclic) bond motifs is 1. The van der Waals surface area contributed by atoms with E-state index < -0.39 is 12.0 Å². The first-order chi connectivity index (χ1) is 15.6. The van der Waals surface area contributed by atoms with Gasteiger partial charge in [0.05, 0.1) is 12.2 Å². The summed E-state index contributed by atoms with van der Waals surface area (Å²) in [5, 5.41) is 7.26. The van der Waals surface area contributed by atoms with Crippen molar-refractivity contribution in [3.63, 3.8) is 0 Å². The Hall–Kier alpha value is -4.01. The molecule has 0 saturated carbocycles. The summed E-state index contributed by atoms with van der Waals surface area (Å²) in [6.07, 6.45) is 4.81. The molecule has 32 heavy (non-hydrogen) atoms. The van der Waals surface area contributed by atoms with Crippen molar-refractivity contribution in [3.05, 3.63) is 83.6 Å². The highest BCUT2D eigenvalue weighted by Crippen LogP contribution is 2.38. The van der Waals surface area contributed by atoms with Crippen molar-refractivity contribution in [2.24, 2.45) is 0 Å². The van der Waals surface area contributed by atoms with E-state index >= 15 is 0 Å². The van der Waals surface area contributed by atoms with Crippen LogP contribution in [0.5, 0.6) is 0 Å². The second-order valence-electron chi connectivity index (χ2n) is 7.26. The predicted molar refractivity (Wildman–Crippen MR) is 117 cm³/mol. The van der Waals surface area contributed by atoms with Crippen LogP contribution in [0.4, 0.5) is 5.95 Å². The number of nitrogens with zero attached hydrogens (tertiary/aromatic N) is 5. The standard InChI is InChI=1S/C23H24N6O3/c1-3-32-22(31)20-16(2)28(14-19(30)25-13-17-8-7-11-24-12-17)23-26-15-27-29(23)21(20)18-9-5-4-6-10-18/h4-12,15,21H,3,13-14H2,1-2H3,(H,25,30). The Balaban J connectivity index is 1.66. The topological polar surface area (TPSA) is 102 Å². The number of hydrogen-bond donors (Lipinski definition) is 1. The van der Waals surface area contributed by atoms with Gasteiger partial charge in [0.2, 0.25) is 11.9 Å². The van der Waals surface area contributed by atoms with Gasteiger partial charge in [-0.2, -0.15) is 10.1 Å². The Kier molecular flexibility index (Phi) is 6.25. The van der Waals surface area contributed by atoms with E-state index in [1.54, 1.807) is 35.8 Å². The van der Waals surface area contributed by atoms with Crippen LogP contribution in [0.15, 0.2) is 72.5 Å². The summed E-state index contributed by atoms with van der Waals surface area (Å²) in [6, 6.07) is 12.8. The second kappa shape index (κ2) is 9.42. The van der Waals surface area contributed by atoms with Gasteiger partial charge in [-0.15, -0.1) is 0 Å². The SMILES string of the molecule is CCOC(=O)C1=C(C)N(CC(=O)NCc2cccnc2)c2ncnn2C1c1ccccc1. The normalized spacial score (nSPS) is 15.3.